The van der Waals surface area contributed by atoms with Crippen LogP contribution in [0.25, 0.3) is 0 Å². The molecule has 5 nitrogen and oxygen atoms in total. The predicted octanol–water partition coefficient (Wildman–Crippen LogP) is 4.08. The molecule has 0 heterocycles. The molecule has 0 aromatic heterocycles. The molecule has 2 aromatic carbocycles. The Kier molecular flexibility index (Phi) is 6.14. The lowest BCUT2D eigenvalue weighted by Crippen LogP contribution is -2.30. The number of hydrogen-bond acceptors (Lipinski definition) is 4. The van der Waals surface area contributed by atoms with Gasteiger partial charge in [0.2, 0.25) is 0 Å². The van der Waals surface area contributed by atoms with Gasteiger partial charge in [0.25, 0.3) is 0 Å². The zero-order valence-electron chi connectivity index (χ0n) is 15.9. The fourth-order valence-corrected chi connectivity index (χ4v) is 2.76. The second-order valence-electron chi connectivity index (χ2n) is 7.07. The average molecular weight is 358 g/mol. The maximum atomic E-state index is 11.8. The van der Waals surface area contributed by atoms with Crippen LogP contribution < -0.4 is 14.2 Å². The summed E-state index contributed by atoms with van der Waals surface area (Å²) in [4.78, 5) is 11.8. The fourth-order valence-electron chi connectivity index (χ4n) is 2.76. The van der Waals surface area contributed by atoms with Gasteiger partial charge in [0, 0.05) is 12.0 Å². The van der Waals surface area contributed by atoms with E-state index in [4.69, 9.17) is 14.2 Å². The number of rotatable bonds is 7. The summed E-state index contributed by atoms with van der Waals surface area (Å²) in [6.07, 6.45) is -0.881. The van der Waals surface area contributed by atoms with Crippen LogP contribution in [0.5, 0.6) is 17.2 Å². The number of carboxylic acid groups (broad SMARTS) is 1. The summed E-state index contributed by atoms with van der Waals surface area (Å²) in [5.41, 5.74) is 1.52. The van der Waals surface area contributed by atoms with Crippen LogP contribution in [0.4, 0.5) is 0 Å². The van der Waals surface area contributed by atoms with Crippen molar-refractivity contribution in [2.45, 2.75) is 38.7 Å². The van der Waals surface area contributed by atoms with Crippen LogP contribution in [0.1, 0.15) is 31.9 Å². The molecular formula is C21H26O5. The second kappa shape index (κ2) is 8.13. The lowest BCUT2D eigenvalue weighted by atomic mass is 9.86. The van der Waals surface area contributed by atoms with Gasteiger partial charge >= 0.3 is 5.97 Å². The van der Waals surface area contributed by atoms with Crippen LogP contribution >= 0.6 is 0 Å². The molecule has 2 rings (SSSR count). The smallest absolute Gasteiger partial charge is 0.345 e. The van der Waals surface area contributed by atoms with E-state index in [0.29, 0.717) is 22.8 Å². The van der Waals surface area contributed by atoms with Crippen molar-refractivity contribution < 1.29 is 24.1 Å². The fraction of sp³-hybridized carbons (Fsp3) is 0.381. The molecule has 2 aromatic rings. The molecule has 0 aliphatic rings. The molecule has 0 amide bonds. The topological polar surface area (TPSA) is 65.0 Å². The quantitative estimate of drug-likeness (QED) is 0.808. The Balaban J connectivity index is 2.34. The summed E-state index contributed by atoms with van der Waals surface area (Å²) < 4.78 is 16.5. The highest BCUT2D eigenvalue weighted by Gasteiger charge is 2.26. The van der Waals surface area contributed by atoms with Crippen molar-refractivity contribution in [1.82, 2.24) is 0 Å². The van der Waals surface area contributed by atoms with E-state index in [-0.39, 0.29) is 11.8 Å². The van der Waals surface area contributed by atoms with Crippen LogP contribution in [0.3, 0.4) is 0 Å². The minimum Gasteiger partial charge on any atom is -0.497 e. The minimum atomic E-state index is -1.04. The number of aliphatic carboxylic acids is 1. The number of carbonyl (C=O) groups is 1. The molecule has 26 heavy (non-hydrogen) atoms. The first kappa shape index (κ1) is 19.6. The van der Waals surface area contributed by atoms with Crippen LogP contribution in [0, 0.1) is 0 Å². The average Bonchev–Trinajstić information content (AvgIpc) is 2.60. The molecule has 0 saturated carbocycles. The summed E-state index contributed by atoms with van der Waals surface area (Å²) in [5.74, 6) is 0.789. The molecule has 0 aliphatic carbocycles. The Morgan fingerprint density at radius 1 is 1.04 bits per heavy atom. The van der Waals surface area contributed by atoms with Gasteiger partial charge in [-0.05, 0) is 35.2 Å². The molecule has 140 valence electrons. The Hall–Kier alpha value is -2.69. The summed E-state index contributed by atoms with van der Waals surface area (Å²) in [6, 6.07) is 12.8. The van der Waals surface area contributed by atoms with Crippen molar-refractivity contribution >= 4 is 5.97 Å². The molecule has 1 N–H and O–H groups in total. The number of methoxy groups -OCH3 is 2. The first-order valence-corrected chi connectivity index (χ1v) is 8.46. The summed E-state index contributed by atoms with van der Waals surface area (Å²) in [7, 11) is 3.12. The van der Waals surface area contributed by atoms with Crippen molar-refractivity contribution in [2.24, 2.45) is 0 Å². The summed E-state index contributed by atoms with van der Waals surface area (Å²) in [5, 5.41) is 9.68. The summed E-state index contributed by atoms with van der Waals surface area (Å²) >= 11 is 0. The molecule has 0 fully saturated rings. The van der Waals surface area contributed by atoms with Gasteiger partial charge in [0.1, 0.15) is 17.2 Å². The van der Waals surface area contributed by atoms with Crippen molar-refractivity contribution in [2.75, 3.05) is 14.2 Å². The highest BCUT2D eigenvalue weighted by Crippen LogP contribution is 2.32. The summed E-state index contributed by atoms with van der Waals surface area (Å²) in [6.45, 7) is 6.20. The Labute approximate surface area is 154 Å². The monoisotopic (exact) mass is 358 g/mol. The normalized spacial score (nSPS) is 12.3. The SMILES string of the molecule is COc1ccc(OC)c(C[C@H](Oc2ccccc2C(C)(C)C)C(=O)O)c1. The molecule has 0 radical (unpaired) electrons. The Morgan fingerprint density at radius 3 is 2.31 bits per heavy atom. The van der Waals surface area contributed by atoms with E-state index >= 15 is 0 Å². The zero-order valence-corrected chi connectivity index (χ0v) is 15.9. The molecule has 0 aliphatic heterocycles. The van der Waals surface area contributed by atoms with Gasteiger partial charge in [-0.1, -0.05) is 39.0 Å². The highest BCUT2D eigenvalue weighted by molar-refractivity contribution is 5.73. The van der Waals surface area contributed by atoms with E-state index in [9.17, 15) is 9.90 Å². The highest BCUT2D eigenvalue weighted by atomic mass is 16.5. The van der Waals surface area contributed by atoms with Crippen LogP contribution in [0.2, 0.25) is 0 Å². The van der Waals surface area contributed by atoms with Gasteiger partial charge in [-0.25, -0.2) is 4.79 Å². The van der Waals surface area contributed by atoms with E-state index in [2.05, 4.69) is 20.8 Å². The van der Waals surface area contributed by atoms with Gasteiger partial charge in [0.15, 0.2) is 6.10 Å². The molecule has 0 bridgehead atoms. The standard InChI is InChI=1S/C21H26O5/c1-21(2,3)16-8-6-7-9-18(16)26-19(20(22)23)13-14-12-15(24-4)10-11-17(14)25-5/h6-12,19H,13H2,1-5H3,(H,22,23)/t19-/m0/s1. The molecular weight excluding hydrogens is 332 g/mol. The number of hydrogen-bond donors (Lipinski definition) is 1. The van der Waals surface area contributed by atoms with Gasteiger partial charge in [0.05, 0.1) is 14.2 Å². The molecule has 1 atom stereocenters. The maximum Gasteiger partial charge on any atom is 0.345 e. The molecule has 0 spiro atoms. The van der Waals surface area contributed by atoms with Crippen LogP contribution in [-0.2, 0) is 16.6 Å². The van der Waals surface area contributed by atoms with Crippen molar-refractivity contribution in [3.05, 3.63) is 53.6 Å². The largest absolute Gasteiger partial charge is 0.497 e. The van der Waals surface area contributed by atoms with Gasteiger partial charge < -0.3 is 19.3 Å². The van der Waals surface area contributed by atoms with E-state index in [1.807, 2.05) is 18.2 Å². The zero-order chi connectivity index (χ0) is 19.3. The third-order valence-electron chi connectivity index (χ3n) is 4.13. The van der Waals surface area contributed by atoms with Crippen LogP contribution in [0.15, 0.2) is 42.5 Å². The maximum absolute atomic E-state index is 11.8. The van der Waals surface area contributed by atoms with E-state index in [0.717, 1.165) is 5.56 Å². The Bertz CT molecular complexity index is 761. The predicted molar refractivity (Wildman–Crippen MR) is 100 cm³/mol. The van der Waals surface area contributed by atoms with Gasteiger partial charge in [-0.2, -0.15) is 0 Å². The van der Waals surface area contributed by atoms with E-state index in [1.165, 1.54) is 0 Å². The lowest BCUT2D eigenvalue weighted by Gasteiger charge is -2.25. The number of carboxylic acids is 1. The molecule has 0 unspecified atom stereocenters. The van der Waals surface area contributed by atoms with E-state index in [1.54, 1.807) is 38.5 Å². The van der Waals surface area contributed by atoms with Crippen molar-refractivity contribution in [3.63, 3.8) is 0 Å². The first-order chi connectivity index (χ1) is 12.3. The number of ether oxygens (including phenoxy) is 3. The first-order valence-electron chi connectivity index (χ1n) is 8.46. The van der Waals surface area contributed by atoms with Gasteiger partial charge in [-0.3, -0.25) is 0 Å². The molecule has 0 saturated heterocycles. The van der Waals surface area contributed by atoms with E-state index < -0.39 is 12.1 Å². The minimum absolute atomic E-state index is 0.159. The molecule has 5 heteroatoms. The van der Waals surface area contributed by atoms with Crippen molar-refractivity contribution in [3.8, 4) is 17.2 Å². The third-order valence-corrected chi connectivity index (χ3v) is 4.13. The lowest BCUT2D eigenvalue weighted by molar-refractivity contribution is -0.145. The third kappa shape index (κ3) is 4.69. The van der Waals surface area contributed by atoms with Crippen molar-refractivity contribution in [1.29, 1.82) is 0 Å². The van der Waals surface area contributed by atoms with Crippen LogP contribution in [-0.4, -0.2) is 31.4 Å². The number of para-hydroxylation sites is 1. The second-order valence-corrected chi connectivity index (χ2v) is 7.07. The van der Waals surface area contributed by atoms with Gasteiger partial charge in [-0.15, -0.1) is 0 Å². The Morgan fingerprint density at radius 2 is 1.73 bits per heavy atom. The number of benzene rings is 2.